The minimum atomic E-state index is -0.234. The first-order chi connectivity index (χ1) is 10.8. The number of allylic oxidation sites excluding steroid dienone is 2. The van der Waals surface area contributed by atoms with E-state index in [9.17, 15) is 5.11 Å². The Morgan fingerprint density at radius 2 is 1.32 bits per heavy atom. The molecule has 0 spiro atoms. The molecule has 2 nitrogen and oxygen atoms in total. The molecule has 0 radical (unpaired) electrons. The lowest BCUT2D eigenvalue weighted by Crippen LogP contribution is -2.04. The molecule has 0 aromatic rings. The summed E-state index contributed by atoms with van der Waals surface area (Å²) < 4.78 is 0. The lowest BCUT2D eigenvalue weighted by Gasteiger charge is -2.07. The zero-order valence-electron chi connectivity index (χ0n) is 14.7. The van der Waals surface area contributed by atoms with Gasteiger partial charge in [0.1, 0.15) is 0 Å². The highest BCUT2D eigenvalue weighted by Crippen LogP contribution is 2.12. The summed E-state index contributed by atoms with van der Waals surface area (Å²) in [6, 6.07) is 0. The van der Waals surface area contributed by atoms with E-state index >= 15 is 0 Å². The monoisotopic (exact) mass is 310 g/mol. The number of hydrogen-bond donors (Lipinski definition) is 2. The maximum absolute atomic E-state index is 9.71. The molecule has 2 heteroatoms. The van der Waals surface area contributed by atoms with E-state index in [4.69, 9.17) is 5.11 Å². The van der Waals surface area contributed by atoms with Gasteiger partial charge in [-0.15, -0.1) is 0 Å². The van der Waals surface area contributed by atoms with Crippen LogP contribution in [0.15, 0.2) is 24.3 Å². The van der Waals surface area contributed by atoms with Crippen molar-refractivity contribution in [1.82, 2.24) is 0 Å². The van der Waals surface area contributed by atoms with Crippen LogP contribution in [0.2, 0.25) is 0 Å². The molecule has 0 aromatic carbocycles. The van der Waals surface area contributed by atoms with Gasteiger partial charge in [-0.05, 0) is 32.1 Å². The maximum atomic E-state index is 9.71. The molecule has 0 aliphatic rings. The van der Waals surface area contributed by atoms with Gasteiger partial charge in [-0.1, -0.05) is 82.6 Å². The van der Waals surface area contributed by atoms with Crippen LogP contribution >= 0.6 is 0 Å². The van der Waals surface area contributed by atoms with Gasteiger partial charge in [0, 0.05) is 0 Å². The Kier molecular flexibility index (Phi) is 17.9. The van der Waals surface area contributed by atoms with Gasteiger partial charge in [-0.3, -0.25) is 0 Å². The van der Waals surface area contributed by atoms with Crippen LogP contribution in [-0.2, 0) is 0 Å². The molecule has 0 rings (SSSR count). The molecule has 2 N–H and O–H groups in total. The predicted molar refractivity (Wildman–Crippen MR) is 97.1 cm³/mol. The Bertz CT molecular complexity index is 258. The van der Waals surface area contributed by atoms with Crippen molar-refractivity contribution in [1.29, 1.82) is 0 Å². The van der Waals surface area contributed by atoms with Gasteiger partial charge in [0.25, 0.3) is 0 Å². The predicted octanol–water partition coefficient (Wildman–Crippen LogP) is 5.54. The van der Waals surface area contributed by atoms with Crippen LogP contribution < -0.4 is 0 Å². The smallest absolute Gasteiger partial charge is 0.0612 e. The topological polar surface area (TPSA) is 40.5 Å². The fraction of sp³-hybridized carbons (Fsp3) is 0.800. The minimum Gasteiger partial charge on any atom is -0.393 e. The van der Waals surface area contributed by atoms with E-state index in [-0.39, 0.29) is 12.7 Å². The molecular formula is C20H38O2. The zero-order valence-corrected chi connectivity index (χ0v) is 14.7. The van der Waals surface area contributed by atoms with Crippen molar-refractivity contribution in [2.24, 2.45) is 0 Å². The number of aliphatic hydroxyl groups is 2. The highest BCUT2D eigenvalue weighted by molar-refractivity contribution is 4.83. The van der Waals surface area contributed by atoms with Crippen LogP contribution in [0.4, 0.5) is 0 Å². The molecule has 0 aromatic heterocycles. The van der Waals surface area contributed by atoms with Crippen LogP contribution in [-0.4, -0.2) is 22.9 Å². The molecule has 0 heterocycles. The molecule has 1 unspecified atom stereocenters. The summed E-state index contributed by atoms with van der Waals surface area (Å²) in [6.07, 6.45) is 23.7. The summed E-state index contributed by atoms with van der Waals surface area (Å²) in [5.74, 6) is 0. The van der Waals surface area contributed by atoms with Gasteiger partial charge in [-0.25, -0.2) is 0 Å². The molecule has 22 heavy (non-hydrogen) atoms. The van der Waals surface area contributed by atoms with Gasteiger partial charge in [-0.2, -0.15) is 0 Å². The SMILES string of the molecule is CCCC/C=C\CCCCCCCCCC(O)CC=CCO. The average molecular weight is 311 g/mol. The van der Waals surface area contributed by atoms with E-state index in [0.29, 0.717) is 6.42 Å². The first-order valence-corrected chi connectivity index (χ1v) is 9.40. The molecule has 0 bridgehead atoms. The van der Waals surface area contributed by atoms with Crippen molar-refractivity contribution in [3.05, 3.63) is 24.3 Å². The summed E-state index contributed by atoms with van der Waals surface area (Å²) in [5.41, 5.74) is 0. The Morgan fingerprint density at radius 3 is 1.95 bits per heavy atom. The van der Waals surface area contributed by atoms with Crippen molar-refractivity contribution < 1.29 is 10.2 Å². The molecular weight excluding hydrogens is 272 g/mol. The van der Waals surface area contributed by atoms with Crippen molar-refractivity contribution in [2.45, 2.75) is 96.5 Å². The number of hydrogen-bond acceptors (Lipinski definition) is 2. The van der Waals surface area contributed by atoms with E-state index in [2.05, 4.69) is 19.1 Å². The summed E-state index contributed by atoms with van der Waals surface area (Å²) in [7, 11) is 0. The van der Waals surface area contributed by atoms with Crippen LogP contribution in [0.25, 0.3) is 0 Å². The summed E-state index contributed by atoms with van der Waals surface area (Å²) in [5, 5.41) is 18.3. The van der Waals surface area contributed by atoms with E-state index in [1.54, 1.807) is 6.08 Å². The quantitative estimate of drug-likeness (QED) is 0.290. The fourth-order valence-electron chi connectivity index (χ4n) is 2.53. The lowest BCUT2D eigenvalue weighted by molar-refractivity contribution is 0.163. The van der Waals surface area contributed by atoms with E-state index < -0.39 is 0 Å². The Labute approximate surface area is 138 Å². The summed E-state index contributed by atoms with van der Waals surface area (Å²) in [4.78, 5) is 0. The Morgan fingerprint density at radius 1 is 0.727 bits per heavy atom. The Hall–Kier alpha value is -0.600. The lowest BCUT2D eigenvalue weighted by atomic mass is 10.0. The molecule has 0 aliphatic heterocycles. The second-order valence-corrected chi connectivity index (χ2v) is 6.21. The van der Waals surface area contributed by atoms with Crippen molar-refractivity contribution in [2.75, 3.05) is 6.61 Å². The zero-order chi connectivity index (χ0) is 16.3. The van der Waals surface area contributed by atoms with Crippen molar-refractivity contribution in [3.8, 4) is 0 Å². The summed E-state index contributed by atoms with van der Waals surface area (Å²) >= 11 is 0. The number of unbranched alkanes of at least 4 members (excludes halogenated alkanes) is 9. The van der Waals surface area contributed by atoms with Crippen LogP contribution in [0, 0.1) is 0 Å². The van der Waals surface area contributed by atoms with Crippen LogP contribution in [0.5, 0.6) is 0 Å². The maximum Gasteiger partial charge on any atom is 0.0612 e. The molecule has 1 atom stereocenters. The largest absolute Gasteiger partial charge is 0.393 e. The second kappa shape index (κ2) is 18.4. The normalized spacial score (nSPS) is 13.4. The fourth-order valence-corrected chi connectivity index (χ4v) is 2.53. The Balaban J connectivity index is 3.17. The highest BCUT2D eigenvalue weighted by Gasteiger charge is 2.00. The van der Waals surface area contributed by atoms with Gasteiger partial charge in [0.15, 0.2) is 0 Å². The van der Waals surface area contributed by atoms with E-state index in [1.165, 1.54) is 64.2 Å². The van der Waals surface area contributed by atoms with E-state index in [0.717, 1.165) is 12.8 Å². The number of rotatable bonds is 16. The van der Waals surface area contributed by atoms with Crippen molar-refractivity contribution in [3.63, 3.8) is 0 Å². The van der Waals surface area contributed by atoms with Crippen molar-refractivity contribution >= 4 is 0 Å². The molecule has 0 aliphatic carbocycles. The molecule has 0 fully saturated rings. The molecule has 130 valence electrons. The third kappa shape index (κ3) is 17.5. The highest BCUT2D eigenvalue weighted by atomic mass is 16.3. The van der Waals surface area contributed by atoms with Crippen LogP contribution in [0.3, 0.4) is 0 Å². The average Bonchev–Trinajstić information content (AvgIpc) is 2.52. The third-order valence-electron chi connectivity index (χ3n) is 3.98. The molecule has 0 amide bonds. The minimum absolute atomic E-state index is 0.0707. The molecule has 0 saturated carbocycles. The summed E-state index contributed by atoms with van der Waals surface area (Å²) in [6.45, 7) is 2.31. The first-order valence-electron chi connectivity index (χ1n) is 9.40. The van der Waals surface area contributed by atoms with Gasteiger partial charge in [0.05, 0.1) is 12.7 Å². The molecule has 0 saturated heterocycles. The third-order valence-corrected chi connectivity index (χ3v) is 3.98. The first kappa shape index (κ1) is 21.4. The van der Waals surface area contributed by atoms with Gasteiger partial charge in [0.2, 0.25) is 0 Å². The number of aliphatic hydroxyl groups excluding tert-OH is 2. The van der Waals surface area contributed by atoms with Crippen LogP contribution in [0.1, 0.15) is 90.4 Å². The standard InChI is InChI=1S/C20H38O2/c1-2-3-4-5-6-7-8-9-10-11-12-13-14-17-20(22)18-15-16-19-21/h5-6,15-16,20-22H,2-4,7-14,17-19H2,1H3/b6-5-,16-15?. The van der Waals surface area contributed by atoms with Gasteiger partial charge >= 0.3 is 0 Å². The van der Waals surface area contributed by atoms with E-state index in [1.807, 2.05) is 6.08 Å². The van der Waals surface area contributed by atoms with Gasteiger partial charge < -0.3 is 10.2 Å². The second-order valence-electron chi connectivity index (χ2n) is 6.21.